The maximum absolute atomic E-state index is 12.6. The van der Waals surface area contributed by atoms with Gasteiger partial charge in [0, 0.05) is 15.1 Å². The molecule has 0 saturated carbocycles. The first-order chi connectivity index (χ1) is 15.4. The fraction of sp³-hybridized carbons (Fsp3) is 0. The third-order valence-electron chi connectivity index (χ3n) is 4.40. The van der Waals surface area contributed by atoms with Crippen LogP contribution in [-0.2, 0) is 0 Å². The summed E-state index contributed by atoms with van der Waals surface area (Å²) in [5, 5.41) is 6.50. The van der Waals surface area contributed by atoms with E-state index in [2.05, 4.69) is 57.4 Å². The average Bonchev–Trinajstić information content (AvgIpc) is 3.35. The van der Waals surface area contributed by atoms with Gasteiger partial charge in [0.05, 0.1) is 26.0 Å². The zero-order valence-electron chi connectivity index (χ0n) is 15.9. The molecule has 0 spiro atoms. The molecule has 2 amide bonds. The molecule has 7 nitrogen and oxygen atoms in total. The summed E-state index contributed by atoms with van der Waals surface area (Å²) >= 11 is 9.60. The molecule has 0 fully saturated rings. The quantitative estimate of drug-likeness (QED) is 0.256. The molecule has 0 radical (unpaired) electrons. The summed E-state index contributed by atoms with van der Waals surface area (Å²) in [6, 6.07) is 14.5. The van der Waals surface area contributed by atoms with E-state index >= 15 is 0 Å². The van der Waals surface area contributed by atoms with E-state index in [1.54, 1.807) is 6.07 Å². The van der Waals surface area contributed by atoms with E-state index in [1.165, 1.54) is 34.9 Å². The Morgan fingerprint density at radius 2 is 1.31 bits per heavy atom. The van der Waals surface area contributed by atoms with E-state index in [-0.39, 0.29) is 11.6 Å². The Morgan fingerprint density at radius 1 is 0.750 bits per heavy atom. The molecule has 158 valence electrons. The number of fused-ring (bicyclic) bond motifs is 2. The van der Waals surface area contributed by atoms with Crippen molar-refractivity contribution in [3.8, 4) is 0 Å². The van der Waals surface area contributed by atoms with Crippen LogP contribution in [0.15, 0.2) is 63.7 Å². The van der Waals surface area contributed by atoms with Gasteiger partial charge in [-0.1, -0.05) is 54.5 Å². The Balaban J connectivity index is 1.27. The van der Waals surface area contributed by atoms with E-state index in [4.69, 9.17) is 0 Å². The smallest absolute Gasteiger partial charge is 0.276 e. The molecule has 0 saturated heterocycles. The number of thiazole rings is 2. The Labute approximate surface area is 206 Å². The number of amides is 2. The van der Waals surface area contributed by atoms with Crippen LogP contribution in [0.25, 0.3) is 20.4 Å². The first kappa shape index (κ1) is 21.1. The number of rotatable bonds is 4. The SMILES string of the molecule is O=C(Nc1nc2ccc(Br)cc2s1)c1ccc(C(=O)Nc2nc3ccc(Br)cc3s2)nc1. The molecule has 0 bridgehead atoms. The van der Waals surface area contributed by atoms with Gasteiger partial charge < -0.3 is 0 Å². The highest BCUT2D eigenvalue weighted by Gasteiger charge is 2.14. The van der Waals surface area contributed by atoms with Crippen LogP contribution in [0.3, 0.4) is 0 Å². The summed E-state index contributed by atoms with van der Waals surface area (Å²) in [4.78, 5) is 38.0. The van der Waals surface area contributed by atoms with Crippen LogP contribution in [0.2, 0.25) is 0 Å². The number of carbonyl (C=O) groups excluding carboxylic acids is 2. The highest BCUT2D eigenvalue weighted by molar-refractivity contribution is 9.10. The highest BCUT2D eigenvalue weighted by atomic mass is 79.9. The largest absolute Gasteiger partial charge is 0.298 e. The minimum Gasteiger partial charge on any atom is -0.298 e. The van der Waals surface area contributed by atoms with Gasteiger partial charge in [-0.25, -0.2) is 9.97 Å². The summed E-state index contributed by atoms with van der Waals surface area (Å²) in [5.41, 5.74) is 2.12. The standard InChI is InChI=1S/C21H11Br2N5O2S2/c22-11-2-5-13-16(7-11)31-20(25-13)27-18(29)10-1-4-15(24-9-10)19(30)28-21-26-14-6-3-12(23)8-17(14)32-21/h1-9H,(H,25,27,29)(H,26,28,30). The number of nitrogens with zero attached hydrogens (tertiary/aromatic N) is 3. The second-order valence-electron chi connectivity index (χ2n) is 6.60. The fourth-order valence-electron chi connectivity index (χ4n) is 2.90. The molecule has 0 aliphatic carbocycles. The van der Waals surface area contributed by atoms with Crippen molar-refractivity contribution in [2.45, 2.75) is 0 Å². The van der Waals surface area contributed by atoms with E-state index in [0.29, 0.717) is 15.8 Å². The number of hydrogen-bond donors (Lipinski definition) is 2. The number of anilines is 2. The van der Waals surface area contributed by atoms with E-state index in [1.807, 2.05) is 36.4 Å². The molecule has 0 atom stereocenters. The van der Waals surface area contributed by atoms with Gasteiger partial charge in [-0.15, -0.1) is 0 Å². The molecule has 0 unspecified atom stereocenters. The Kier molecular flexibility index (Phi) is 5.72. The molecule has 2 aromatic carbocycles. The van der Waals surface area contributed by atoms with Gasteiger partial charge in [0.1, 0.15) is 5.69 Å². The second kappa shape index (κ2) is 8.66. The van der Waals surface area contributed by atoms with Crippen LogP contribution in [0, 0.1) is 0 Å². The molecule has 32 heavy (non-hydrogen) atoms. The van der Waals surface area contributed by atoms with Crippen molar-refractivity contribution in [3.63, 3.8) is 0 Å². The molecule has 5 rings (SSSR count). The summed E-state index contributed by atoms with van der Waals surface area (Å²) in [5.74, 6) is -0.744. The summed E-state index contributed by atoms with van der Waals surface area (Å²) in [7, 11) is 0. The lowest BCUT2D eigenvalue weighted by Crippen LogP contribution is -2.16. The van der Waals surface area contributed by atoms with Crippen molar-refractivity contribution in [3.05, 3.63) is 74.9 Å². The monoisotopic (exact) mass is 587 g/mol. The lowest BCUT2D eigenvalue weighted by Gasteiger charge is -2.03. The zero-order chi connectivity index (χ0) is 22.2. The predicted octanol–water partition coefficient (Wildman–Crippen LogP) is 6.33. The number of benzene rings is 2. The van der Waals surface area contributed by atoms with E-state index in [9.17, 15) is 9.59 Å². The molecule has 5 aromatic rings. The van der Waals surface area contributed by atoms with Crippen LogP contribution < -0.4 is 10.6 Å². The zero-order valence-corrected chi connectivity index (χ0v) is 20.7. The Morgan fingerprint density at radius 3 is 1.84 bits per heavy atom. The van der Waals surface area contributed by atoms with Gasteiger partial charge in [0.15, 0.2) is 10.3 Å². The number of hydrogen-bond acceptors (Lipinski definition) is 7. The number of aromatic nitrogens is 3. The Hall–Kier alpha value is -2.73. The van der Waals surface area contributed by atoms with Gasteiger partial charge in [0.2, 0.25) is 0 Å². The third kappa shape index (κ3) is 4.42. The third-order valence-corrected chi connectivity index (χ3v) is 7.25. The van der Waals surface area contributed by atoms with Crippen molar-refractivity contribution in [1.29, 1.82) is 0 Å². The Bertz CT molecular complexity index is 1380. The second-order valence-corrected chi connectivity index (χ2v) is 10.5. The predicted molar refractivity (Wildman–Crippen MR) is 135 cm³/mol. The normalized spacial score (nSPS) is 11.1. The van der Waals surface area contributed by atoms with Gasteiger partial charge in [-0.2, -0.15) is 0 Å². The number of carbonyl (C=O) groups is 2. The van der Waals surface area contributed by atoms with E-state index < -0.39 is 5.91 Å². The van der Waals surface area contributed by atoms with Crippen molar-refractivity contribution in [2.24, 2.45) is 0 Å². The van der Waals surface area contributed by atoms with Crippen molar-refractivity contribution < 1.29 is 9.59 Å². The average molecular weight is 589 g/mol. The van der Waals surface area contributed by atoms with Crippen LogP contribution in [0.5, 0.6) is 0 Å². The topological polar surface area (TPSA) is 96.9 Å². The summed E-state index contributed by atoms with van der Waals surface area (Å²) < 4.78 is 3.81. The molecule has 2 N–H and O–H groups in total. The summed E-state index contributed by atoms with van der Waals surface area (Å²) in [6.07, 6.45) is 1.36. The maximum Gasteiger partial charge on any atom is 0.276 e. The lowest BCUT2D eigenvalue weighted by molar-refractivity contribution is 0.101. The van der Waals surface area contributed by atoms with Crippen LogP contribution in [-0.4, -0.2) is 26.8 Å². The van der Waals surface area contributed by atoms with Crippen LogP contribution >= 0.6 is 54.5 Å². The molecular formula is C21H11Br2N5O2S2. The molecule has 0 aliphatic rings. The molecule has 3 aromatic heterocycles. The van der Waals surface area contributed by atoms with Gasteiger partial charge in [0.25, 0.3) is 11.8 Å². The van der Waals surface area contributed by atoms with Crippen molar-refractivity contribution >= 4 is 97.0 Å². The fourth-order valence-corrected chi connectivity index (χ4v) is 5.72. The maximum atomic E-state index is 12.6. The molecule has 3 heterocycles. The minimum atomic E-state index is -0.396. The first-order valence-corrected chi connectivity index (χ1v) is 12.4. The van der Waals surface area contributed by atoms with E-state index in [0.717, 1.165) is 29.4 Å². The van der Waals surface area contributed by atoms with Crippen molar-refractivity contribution in [2.75, 3.05) is 10.6 Å². The number of halogens is 2. The summed E-state index contributed by atoms with van der Waals surface area (Å²) in [6.45, 7) is 0. The molecular weight excluding hydrogens is 578 g/mol. The van der Waals surface area contributed by atoms with Crippen LogP contribution in [0.1, 0.15) is 20.8 Å². The first-order valence-electron chi connectivity index (χ1n) is 9.15. The minimum absolute atomic E-state index is 0.187. The highest BCUT2D eigenvalue weighted by Crippen LogP contribution is 2.30. The lowest BCUT2D eigenvalue weighted by atomic mass is 10.2. The van der Waals surface area contributed by atoms with Gasteiger partial charge in [-0.05, 0) is 48.5 Å². The number of nitrogens with one attached hydrogen (secondary N) is 2. The molecule has 0 aliphatic heterocycles. The van der Waals surface area contributed by atoms with Gasteiger partial charge in [-0.3, -0.25) is 25.2 Å². The van der Waals surface area contributed by atoms with Crippen LogP contribution in [0.4, 0.5) is 10.3 Å². The van der Waals surface area contributed by atoms with Crippen molar-refractivity contribution in [1.82, 2.24) is 15.0 Å². The molecule has 11 heteroatoms. The number of pyridine rings is 1. The van der Waals surface area contributed by atoms with Gasteiger partial charge >= 0.3 is 0 Å².